The summed E-state index contributed by atoms with van der Waals surface area (Å²) in [5.74, 6) is 0.0476. The summed E-state index contributed by atoms with van der Waals surface area (Å²) in [6, 6.07) is 1.60. The molecule has 168 valence electrons. The molecule has 11 nitrogen and oxygen atoms in total. The molecule has 0 aliphatic carbocycles. The molecule has 2 aliphatic heterocycles. The molecule has 1 unspecified atom stereocenters. The number of nitrogens with zero attached hydrogens (tertiary/aromatic N) is 6. The van der Waals surface area contributed by atoms with Crippen LogP contribution in [0.4, 0.5) is 9.93 Å². The minimum absolute atomic E-state index is 0.0296. The highest BCUT2D eigenvalue weighted by molar-refractivity contribution is 7.15. The smallest absolute Gasteiger partial charge is 0.325 e. The number of carbonyl (C=O) groups excluding carboxylic acids is 2. The summed E-state index contributed by atoms with van der Waals surface area (Å²) < 4.78 is 0. The number of imide groups is 1. The number of aromatic nitrogens is 3. The van der Waals surface area contributed by atoms with Crippen LogP contribution in [-0.2, 0) is 11.3 Å². The largest absolute Gasteiger partial charge is 0.374 e. The number of aliphatic hydroxyl groups excluding tert-OH is 1. The first-order valence-electron chi connectivity index (χ1n) is 10.3. The third kappa shape index (κ3) is 4.27. The van der Waals surface area contributed by atoms with Crippen LogP contribution in [0.3, 0.4) is 0 Å². The van der Waals surface area contributed by atoms with E-state index in [0.29, 0.717) is 42.5 Å². The Morgan fingerprint density at radius 1 is 1.25 bits per heavy atom. The lowest BCUT2D eigenvalue weighted by Crippen LogP contribution is -2.55. The number of aliphatic hydroxyl groups is 1. The van der Waals surface area contributed by atoms with Crippen molar-refractivity contribution >= 4 is 28.4 Å². The number of nitriles is 1. The van der Waals surface area contributed by atoms with Gasteiger partial charge in [-0.25, -0.2) is 19.7 Å². The van der Waals surface area contributed by atoms with Gasteiger partial charge in [-0.05, 0) is 26.7 Å². The maximum atomic E-state index is 13.1. The Morgan fingerprint density at radius 3 is 2.56 bits per heavy atom. The van der Waals surface area contributed by atoms with Gasteiger partial charge in [0.05, 0.1) is 12.1 Å². The molecule has 0 saturated carbocycles. The van der Waals surface area contributed by atoms with Crippen LogP contribution in [0.25, 0.3) is 0 Å². The molecule has 32 heavy (non-hydrogen) atoms. The highest BCUT2D eigenvalue weighted by Crippen LogP contribution is 2.35. The fourth-order valence-corrected chi connectivity index (χ4v) is 4.98. The Labute approximate surface area is 189 Å². The maximum absolute atomic E-state index is 13.1. The van der Waals surface area contributed by atoms with Crippen LogP contribution in [-0.4, -0.2) is 66.7 Å². The number of nitrogens with one attached hydrogen (secondary N) is 2. The van der Waals surface area contributed by atoms with Crippen molar-refractivity contribution in [2.24, 2.45) is 0 Å². The molecular weight excluding hydrogens is 432 g/mol. The van der Waals surface area contributed by atoms with Gasteiger partial charge in [0.25, 0.3) is 5.91 Å². The van der Waals surface area contributed by atoms with Crippen molar-refractivity contribution in [3.05, 3.63) is 34.9 Å². The summed E-state index contributed by atoms with van der Waals surface area (Å²) in [6.45, 7) is 4.98. The van der Waals surface area contributed by atoms with Crippen LogP contribution in [0, 0.1) is 11.3 Å². The van der Waals surface area contributed by atoms with E-state index in [9.17, 15) is 14.7 Å². The Balaban J connectivity index is 1.39. The van der Waals surface area contributed by atoms with E-state index < -0.39 is 17.8 Å². The molecule has 2 saturated heterocycles. The Kier molecular flexibility index (Phi) is 6.05. The second-order valence-electron chi connectivity index (χ2n) is 8.00. The molecule has 3 N–H and O–H groups in total. The predicted octanol–water partition coefficient (Wildman–Crippen LogP) is 1.20. The van der Waals surface area contributed by atoms with Gasteiger partial charge in [-0.15, -0.1) is 11.3 Å². The van der Waals surface area contributed by atoms with E-state index in [1.807, 2.05) is 6.07 Å². The molecule has 2 aliphatic rings. The fourth-order valence-electron chi connectivity index (χ4n) is 3.99. The summed E-state index contributed by atoms with van der Waals surface area (Å²) in [5.41, 5.74) is -0.592. The van der Waals surface area contributed by atoms with Gasteiger partial charge in [0.2, 0.25) is 0 Å². The number of urea groups is 1. The van der Waals surface area contributed by atoms with Gasteiger partial charge in [-0.1, -0.05) is 0 Å². The van der Waals surface area contributed by atoms with E-state index in [0.717, 1.165) is 9.78 Å². The molecule has 12 heteroatoms. The van der Waals surface area contributed by atoms with Crippen molar-refractivity contribution in [2.75, 3.05) is 18.4 Å². The summed E-state index contributed by atoms with van der Waals surface area (Å²) in [7, 11) is 0. The van der Waals surface area contributed by atoms with Gasteiger partial charge in [0.15, 0.2) is 5.13 Å². The Hall–Kier alpha value is -3.14. The van der Waals surface area contributed by atoms with Crippen LogP contribution in [0.15, 0.2) is 18.6 Å². The molecule has 2 atom stereocenters. The molecule has 4 rings (SSSR count). The third-order valence-electron chi connectivity index (χ3n) is 5.85. The van der Waals surface area contributed by atoms with Crippen molar-refractivity contribution < 1.29 is 14.7 Å². The highest BCUT2D eigenvalue weighted by Gasteiger charge is 2.52. The lowest BCUT2D eigenvalue weighted by atomic mass is 9.87. The van der Waals surface area contributed by atoms with Gasteiger partial charge >= 0.3 is 6.03 Å². The van der Waals surface area contributed by atoms with E-state index in [1.54, 1.807) is 13.1 Å². The monoisotopic (exact) mass is 456 g/mol. The number of piperidine rings is 1. The first-order valence-corrected chi connectivity index (χ1v) is 11.1. The number of amides is 3. The zero-order chi connectivity index (χ0) is 22.9. The molecule has 2 aromatic rings. The fraction of sp³-hybridized carbons (Fsp3) is 0.500. The number of hydrogen-bond donors (Lipinski definition) is 3. The molecule has 0 aromatic carbocycles. The number of thiazole rings is 1. The summed E-state index contributed by atoms with van der Waals surface area (Å²) in [4.78, 5) is 42.6. The van der Waals surface area contributed by atoms with E-state index in [1.165, 1.54) is 23.7 Å². The molecule has 2 fully saturated rings. The van der Waals surface area contributed by atoms with Crippen molar-refractivity contribution in [1.29, 1.82) is 5.26 Å². The molecular formula is C20H24N8O3S. The van der Waals surface area contributed by atoms with Crippen LogP contribution < -0.4 is 10.6 Å². The van der Waals surface area contributed by atoms with Crippen LogP contribution in [0.1, 0.15) is 49.0 Å². The van der Waals surface area contributed by atoms with Gasteiger partial charge in [-0.2, -0.15) is 5.26 Å². The number of hydrogen-bond acceptors (Lipinski definition) is 10. The predicted molar refractivity (Wildman–Crippen MR) is 115 cm³/mol. The van der Waals surface area contributed by atoms with E-state index in [-0.39, 0.29) is 18.5 Å². The molecule has 2 aromatic heterocycles. The first kappa shape index (κ1) is 22.1. The van der Waals surface area contributed by atoms with E-state index in [2.05, 4.69) is 37.4 Å². The average Bonchev–Trinajstić information content (AvgIpc) is 3.32. The van der Waals surface area contributed by atoms with Crippen LogP contribution >= 0.6 is 11.3 Å². The Morgan fingerprint density at radius 2 is 1.94 bits per heavy atom. The SMILES string of the molecule is CC(O)Nc1ncc([C@@H](C)N2CCC3(CC2)NC(=O)N(Cc2ncc(C#N)cn2)C3=O)s1. The van der Waals surface area contributed by atoms with Crippen molar-refractivity contribution in [3.63, 3.8) is 0 Å². The van der Waals surface area contributed by atoms with E-state index in [4.69, 9.17) is 5.26 Å². The molecule has 3 amide bonds. The summed E-state index contributed by atoms with van der Waals surface area (Å²) in [6.07, 6.45) is 4.88. The van der Waals surface area contributed by atoms with Gasteiger partial charge in [0, 0.05) is 42.6 Å². The zero-order valence-corrected chi connectivity index (χ0v) is 18.6. The summed E-state index contributed by atoms with van der Waals surface area (Å²) >= 11 is 1.49. The number of likely N-dealkylation sites (tertiary alicyclic amines) is 1. The van der Waals surface area contributed by atoms with Crippen LogP contribution in [0.5, 0.6) is 0 Å². The van der Waals surface area contributed by atoms with Crippen LogP contribution in [0.2, 0.25) is 0 Å². The number of anilines is 1. The minimum Gasteiger partial charge on any atom is -0.374 e. The van der Waals surface area contributed by atoms with Crippen molar-refractivity contribution in [2.45, 2.75) is 51.0 Å². The number of carbonyl (C=O) groups is 2. The lowest BCUT2D eigenvalue weighted by Gasteiger charge is -2.39. The van der Waals surface area contributed by atoms with Gasteiger partial charge in [-0.3, -0.25) is 14.6 Å². The standard InChI is InChI=1S/C20H24N8O3S/c1-12(15-10-24-18(32-15)25-13(2)29)27-5-3-20(4-6-27)17(30)28(19(31)26-20)11-16-22-8-14(7-21)9-23-16/h8-10,12-13,29H,3-6,11H2,1-2H3,(H,24,25)(H,26,31)/t12-,13?/m1/s1. The van der Waals surface area contributed by atoms with Crippen molar-refractivity contribution in [1.82, 2.24) is 30.1 Å². The summed E-state index contributed by atoms with van der Waals surface area (Å²) in [5, 5.41) is 24.8. The van der Waals surface area contributed by atoms with Crippen molar-refractivity contribution in [3.8, 4) is 6.07 Å². The second-order valence-corrected chi connectivity index (χ2v) is 9.07. The number of rotatable bonds is 6. The minimum atomic E-state index is -0.910. The quantitative estimate of drug-likeness (QED) is 0.431. The second kappa shape index (κ2) is 8.78. The molecule has 4 heterocycles. The lowest BCUT2D eigenvalue weighted by molar-refractivity contribution is -0.133. The molecule has 1 spiro atoms. The van der Waals surface area contributed by atoms with E-state index >= 15 is 0 Å². The molecule has 0 radical (unpaired) electrons. The topological polar surface area (TPSA) is 147 Å². The van der Waals surface area contributed by atoms with Gasteiger partial charge in [0.1, 0.15) is 23.7 Å². The Bertz CT molecular complexity index is 1040. The zero-order valence-electron chi connectivity index (χ0n) is 17.8. The first-order chi connectivity index (χ1) is 15.3. The van der Waals surface area contributed by atoms with Gasteiger partial charge < -0.3 is 15.7 Å². The average molecular weight is 457 g/mol. The molecule has 0 bridgehead atoms. The highest BCUT2D eigenvalue weighted by atomic mass is 32.1. The third-order valence-corrected chi connectivity index (χ3v) is 6.95. The normalized spacial score (nSPS) is 20.1. The maximum Gasteiger partial charge on any atom is 0.325 e.